The number of aryl methyl sites for hydroxylation is 1. The van der Waals surface area contributed by atoms with Crippen LogP contribution in [-0.4, -0.2) is 37.4 Å². The van der Waals surface area contributed by atoms with Crippen molar-refractivity contribution in [2.24, 2.45) is 5.92 Å². The van der Waals surface area contributed by atoms with Crippen LogP contribution in [0, 0.1) is 5.92 Å². The number of hydrogen-bond donors (Lipinski definition) is 2. The van der Waals surface area contributed by atoms with Gasteiger partial charge in [0.15, 0.2) is 0 Å². The summed E-state index contributed by atoms with van der Waals surface area (Å²) in [4.78, 5) is 25.9. The van der Waals surface area contributed by atoms with Crippen LogP contribution in [0.15, 0.2) is 48.5 Å². The van der Waals surface area contributed by atoms with Crippen LogP contribution >= 0.6 is 0 Å². The van der Waals surface area contributed by atoms with Gasteiger partial charge in [0.2, 0.25) is 5.91 Å². The number of amides is 2. The molecule has 0 aromatic heterocycles. The molecule has 2 rings (SSSR count). The molecule has 2 N–H and O–H groups in total. The molecule has 0 unspecified atom stereocenters. The highest BCUT2D eigenvalue weighted by molar-refractivity contribution is 5.96. The molecule has 5 nitrogen and oxygen atoms in total. The van der Waals surface area contributed by atoms with Gasteiger partial charge >= 0.3 is 0 Å². The van der Waals surface area contributed by atoms with Crippen molar-refractivity contribution in [3.63, 3.8) is 0 Å². The highest BCUT2D eigenvalue weighted by atomic mass is 16.2. The largest absolute Gasteiger partial charge is 0.345 e. The molecular weight excluding hydrogens is 374 g/mol. The summed E-state index contributed by atoms with van der Waals surface area (Å²) in [5.74, 6) is 0.192. The van der Waals surface area contributed by atoms with Crippen LogP contribution in [0.3, 0.4) is 0 Å². The predicted molar refractivity (Wildman–Crippen MR) is 124 cm³/mol. The number of hydrogen-bond acceptors (Lipinski definition) is 3. The number of carbonyl (C=O) groups is 2. The van der Waals surface area contributed by atoms with Crippen molar-refractivity contribution in [1.82, 2.24) is 10.2 Å². The minimum Gasteiger partial charge on any atom is -0.345 e. The van der Waals surface area contributed by atoms with E-state index < -0.39 is 0 Å². The Balaban J connectivity index is 1.93. The standard InChI is InChI=1S/C25H35N3O2/c1-6-7-8-19-9-11-20(12-10-19)24(18(2)3)26-17-23(29)27-22-15-13-21(14-16-22)25(30)28(4)5/h9-16,18,24,26H,6-8,17H2,1-5H3,(H,27,29)/t24-/m1/s1. The number of nitrogens with zero attached hydrogens (tertiary/aromatic N) is 1. The fourth-order valence-electron chi connectivity index (χ4n) is 3.37. The van der Waals surface area contributed by atoms with Crippen molar-refractivity contribution in [3.8, 4) is 0 Å². The summed E-state index contributed by atoms with van der Waals surface area (Å²) in [7, 11) is 3.43. The molecule has 2 amide bonds. The minimum absolute atomic E-state index is 0.0602. The molecule has 2 aromatic carbocycles. The number of benzene rings is 2. The maximum Gasteiger partial charge on any atom is 0.253 e. The summed E-state index contributed by atoms with van der Waals surface area (Å²) in [6.07, 6.45) is 3.51. The summed E-state index contributed by atoms with van der Waals surface area (Å²) in [6.45, 7) is 6.73. The Morgan fingerprint density at radius 1 is 0.967 bits per heavy atom. The lowest BCUT2D eigenvalue weighted by molar-refractivity contribution is -0.115. The van der Waals surface area contributed by atoms with Crippen molar-refractivity contribution in [1.29, 1.82) is 0 Å². The van der Waals surface area contributed by atoms with E-state index in [1.54, 1.807) is 38.4 Å². The molecule has 0 bridgehead atoms. The summed E-state index contributed by atoms with van der Waals surface area (Å²) in [5.41, 5.74) is 3.83. The van der Waals surface area contributed by atoms with Crippen LogP contribution in [0.4, 0.5) is 5.69 Å². The third kappa shape index (κ3) is 6.99. The van der Waals surface area contributed by atoms with E-state index in [4.69, 9.17) is 0 Å². The summed E-state index contributed by atoms with van der Waals surface area (Å²) in [6, 6.07) is 15.8. The average molecular weight is 410 g/mol. The minimum atomic E-state index is -0.105. The van der Waals surface area contributed by atoms with Gasteiger partial charge in [-0.05, 0) is 54.2 Å². The smallest absolute Gasteiger partial charge is 0.253 e. The third-order valence-corrected chi connectivity index (χ3v) is 5.13. The highest BCUT2D eigenvalue weighted by Gasteiger charge is 2.17. The number of carbonyl (C=O) groups excluding carboxylic acids is 2. The van der Waals surface area contributed by atoms with Crippen LogP contribution in [-0.2, 0) is 11.2 Å². The van der Waals surface area contributed by atoms with Gasteiger partial charge in [-0.2, -0.15) is 0 Å². The first-order valence-corrected chi connectivity index (χ1v) is 10.8. The van der Waals surface area contributed by atoms with Crippen molar-refractivity contribution in [2.75, 3.05) is 26.0 Å². The Hall–Kier alpha value is -2.66. The number of rotatable bonds is 10. The molecule has 1 atom stereocenters. The first-order chi connectivity index (χ1) is 14.3. The normalized spacial score (nSPS) is 11.9. The van der Waals surface area contributed by atoms with Crippen LogP contribution < -0.4 is 10.6 Å². The Morgan fingerprint density at radius 3 is 2.13 bits per heavy atom. The molecule has 0 spiro atoms. The summed E-state index contributed by atoms with van der Waals surface area (Å²) in [5, 5.41) is 6.28. The monoisotopic (exact) mass is 409 g/mol. The van der Waals surface area contributed by atoms with E-state index in [2.05, 4.69) is 55.7 Å². The van der Waals surface area contributed by atoms with Crippen LogP contribution in [0.1, 0.15) is 61.1 Å². The van der Waals surface area contributed by atoms with Gasteiger partial charge in [0.25, 0.3) is 5.91 Å². The van der Waals surface area contributed by atoms with Crippen LogP contribution in [0.5, 0.6) is 0 Å². The van der Waals surface area contributed by atoms with E-state index in [-0.39, 0.29) is 24.4 Å². The van der Waals surface area contributed by atoms with Crippen LogP contribution in [0.25, 0.3) is 0 Å². The number of anilines is 1. The lowest BCUT2D eigenvalue weighted by Crippen LogP contribution is -2.33. The van der Waals surface area contributed by atoms with Gasteiger partial charge in [-0.15, -0.1) is 0 Å². The molecule has 30 heavy (non-hydrogen) atoms. The molecule has 0 aliphatic heterocycles. The predicted octanol–water partition coefficient (Wildman–Crippen LogP) is 4.66. The molecule has 0 radical (unpaired) electrons. The van der Waals surface area contributed by atoms with Gasteiger partial charge in [0.1, 0.15) is 0 Å². The van der Waals surface area contributed by atoms with Crippen molar-refractivity contribution >= 4 is 17.5 Å². The molecule has 5 heteroatoms. The average Bonchev–Trinajstić information content (AvgIpc) is 2.73. The van der Waals surface area contributed by atoms with Gasteiger partial charge in [0, 0.05) is 31.4 Å². The van der Waals surface area contributed by atoms with Crippen molar-refractivity contribution in [2.45, 2.75) is 46.1 Å². The van der Waals surface area contributed by atoms with Gasteiger partial charge in [-0.25, -0.2) is 0 Å². The second-order valence-corrected chi connectivity index (χ2v) is 8.27. The van der Waals surface area contributed by atoms with Gasteiger partial charge in [0.05, 0.1) is 6.54 Å². The summed E-state index contributed by atoms with van der Waals surface area (Å²) < 4.78 is 0. The maximum atomic E-state index is 12.4. The molecule has 2 aromatic rings. The lowest BCUT2D eigenvalue weighted by atomic mass is 9.94. The fourth-order valence-corrected chi connectivity index (χ4v) is 3.37. The van der Waals surface area contributed by atoms with Crippen LogP contribution in [0.2, 0.25) is 0 Å². The maximum absolute atomic E-state index is 12.4. The van der Waals surface area contributed by atoms with E-state index in [9.17, 15) is 9.59 Å². The van der Waals surface area contributed by atoms with Gasteiger partial charge in [-0.3, -0.25) is 9.59 Å². The Bertz CT molecular complexity index is 811. The molecule has 0 saturated heterocycles. The topological polar surface area (TPSA) is 61.4 Å². The Morgan fingerprint density at radius 2 is 1.60 bits per heavy atom. The molecular formula is C25H35N3O2. The van der Waals surface area contributed by atoms with E-state index in [0.29, 0.717) is 17.2 Å². The number of nitrogens with one attached hydrogen (secondary N) is 2. The first-order valence-electron chi connectivity index (χ1n) is 10.8. The van der Waals surface area contributed by atoms with E-state index in [1.807, 2.05) is 0 Å². The van der Waals surface area contributed by atoms with Crippen molar-refractivity contribution in [3.05, 3.63) is 65.2 Å². The zero-order chi connectivity index (χ0) is 22.1. The molecule has 0 aliphatic carbocycles. The fraction of sp³-hybridized carbons (Fsp3) is 0.440. The SMILES string of the molecule is CCCCc1ccc([C@H](NCC(=O)Nc2ccc(C(=O)N(C)C)cc2)C(C)C)cc1. The Labute approximate surface area is 180 Å². The van der Waals surface area contributed by atoms with E-state index in [1.165, 1.54) is 28.9 Å². The first kappa shape index (κ1) is 23.6. The molecule has 0 heterocycles. The van der Waals surface area contributed by atoms with E-state index >= 15 is 0 Å². The molecule has 162 valence electrons. The van der Waals surface area contributed by atoms with Gasteiger partial charge in [-0.1, -0.05) is 51.5 Å². The number of unbranched alkanes of at least 4 members (excludes halogenated alkanes) is 1. The zero-order valence-corrected chi connectivity index (χ0v) is 18.9. The zero-order valence-electron chi connectivity index (χ0n) is 18.9. The molecule has 0 fully saturated rings. The second kappa shape index (κ2) is 11.5. The Kier molecular flexibility index (Phi) is 9.06. The van der Waals surface area contributed by atoms with Gasteiger partial charge < -0.3 is 15.5 Å². The molecule has 0 aliphatic rings. The lowest BCUT2D eigenvalue weighted by Gasteiger charge is -2.23. The van der Waals surface area contributed by atoms with Crippen molar-refractivity contribution < 1.29 is 9.59 Å². The van der Waals surface area contributed by atoms with E-state index in [0.717, 1.165) is 6.42 Å². The third-order valence-electron chi connectivity index (χ3n) is 5.13. The summed E-state index contributed by atoms with van der Waals surface area (Å²) >= 11 is 0. The second-order valence-electron chi connectivity index (χ2n) is 8.27. The molecule has 0 saturated carbocycles. The quantitative estimate of drug-likeness (QED) is 0.600. The highest BCUT2D eigenvalue weighted by Crippen LogP contribution is 2.22.